The Morgan fingerprint density at radius 3 is 2.78 bits per heavy atom. The van der Waals surface area contributed by atoms with Crippen molar-refractivity contribution in [2.45, 2.75) is 38.3 Å². The molecule has 0 aromatic carbocycles. The zero-order valence-corrected chi connectivity index (χ0v) is 18.3. The number of nitrogens with one attached hydrogen (secondary N) is 2. The van der Waals surface area contributed by atoms with Crippen LogP contribution >= 0.6 is 24.0 Å². The van der Waals surface area contributed by atoms with Crippen LogP contribution < -0.4 is 10.6 Å². The molecule has 0 radical (unpaired) electrons. The highest BCUT2D eigenvalue weighted by molar-refractivity contribution is 14.0. The fraction of sp³-hybridized carbons (Fsp3) is 0.579. The number of hydrogen-bond donors (Lipinski definition) is 2. The van der Waals surface area contributed by atoms with Crippen LogP contribution in [0.2, 0.25) is 0 Å². The van der Waals surface area contributed by atoms with Crippen LogP contribution in [0.5, 0.6) is 0 Å². The first-order chi connectivity index (χ1) is 12.9. The molecule has 7 nitrogen and oxygen atoms in total. The summed E-state index contributed by atoms with van der Waals surface area (Å²) in [7, 11) is 1.81. The number of aryl methyl sites for hydroxylation is 1. The minimum absolute atomic E-state index is 0. The summed E-state index contributed by atoms with van der Waals surface area (Å²) in [6.45, 7) is 4.80. The molecule has 1 atom stereocenters. The lowest BCUT2D eigenvalue weighted by atomic mass is 10.1. The Morgan fingerprint density at radius 1 is 1.26 bits per heavy atom. The average molecular weight is 486 g/mol. The van der Waals surface area contributed by atoms with Gasteiger partial charge < -0.3 is 15.1 Å². The van der Waals surface area contributed by atoms with Crippen LogP contribution in [0.3, 0.4) is 0 Å². The molecule has 2 aromatic rings. The number of aliphatic imine (C=N–C) groups is 1. The number of furan rings is 1. The Kier molecular flexibility index (Phi) is 9.68. The molecule has 0 saturated carbocycles. The highest BCUT2D eigenvalue weighted by Gasteiger charge is 2.24. The van der Waals surface area contributed by atoms with Crippen molar-refractivity contribution in [2.24, 2.45) is 4.99 Å². The van der Waals surface area contributed by atoms with Crippen molar-refractivity contribution in [1.29, 1.82) is 0 Å². The zero-order chi connectivity index (χ0) is 18.0. The minimum atomic E-state index is 0. The summed E-state index contributed by atoms with van der Waals surface area (Å²) >= 11 is 0. The van der Waals surface area contributed by atoms with Gasteiger partial charge in [-0.3, -0.25) is 14.6 Å². The first kappa shape index (κ1) is 21.7. The second-order valence-corrected chi connectivity index (χ2v) is 6.63. The summed E-state index contributed by atoms with van der Waals surface area (Å²) < 4.78 is 7.65. The van der Waals surface area contributed by atoms with Crippen molar-refractivity contribution in [3.8, 4) is 0 Å². The van der Waals surface area contributed by atoms with Gasteiger partial charge in [-0.15, -0.1) is 24.0 Å². The van der Waals surface area contributed by atoms with Crippen molar-refractivity contribution < 1.29 is 4.42 Å². The highest BCUT2D eigenvalue weighted by atomic mass is 127. The molecule has 1 aliphatic heterocycles. The Labute approximate surface area is 178 Å². The third-order valence-corrected chi connectivity index (χ3v) is 4.81. The number of guanidine groups is 1. The lowest BCUT2D eigenvalue weighted by Gasteiger charge is -2.33. The van der Waals surface area contributed by atoms with Crippen LogP contribution in [-0.4, -0.2) is 53.9 Å². The van der Waals surface area contributed by atoms with Crippen molar-refractivity contribution in [1.82, 2.24) is 25.3 Å². The largest absolute Gasteiger partial charge is 0.468 e. The number of rotatable bonds is 8. The second-order valence-electron chi connectivity index (χ2n) is 6.63. The van der Waals surface area contributed by atoms with Gasteiger partial charge in [0.2, 0.25) is 0 Å². The summed E-state index contributed by atoms with van der Waals surface area (Å²) in [6, 6.07) is 6.23. The molecule has 0 aliphatic carbocycles. The molecular formula is C19H31IN6O. The Bertz CT molecular complexity index is 637. The van der Waals surface area contributed by atoms with Gasteiger partial charge in [0.1, 0.15) is 5.76 Å². The quantitative estimate of drug-likeness (QED) is 0.260. The van der Waals surface area contributed by atoms with E-state index >= 15 is 0 Å². The Balaban J connectivity index is 0.00000261. The molecule has 0 spiro atoms. The molecule has 1 fully saturated rings. The molecule has 1 saturated heterocycles. The molecule has 2 aromatic heterocycles. The van der Waals surface area contributed by atoms with Gasteiger partial charge in [-0.1, -0.05) is 6.42 Å². The second kappa shape index (κ2) is 12.0. The Hall–Kier alpha value is -1.55. The molecule has 8 heteroatoms. The van der Waals surface area contributed by atoms with Gasteiger partial charge in [-0.05, 0) is 50.6 Å². The van der Waals surface area contributed by atoms with Crippen LogP contribution in [-0.2, 0) is 6.54 Å². The lowest BCUT2D eigenvalue weighted by molar-refractivity contribution is 0.146. The van der Waals surface area contributed by atoms with E-state index < -0.39 is 0 Å². The molecular weight excluding hydrogens is 455 g/mol. The number of hydrogen-bond acceptors (Lipinski definition) is 4. The van der Waals surface area contributed by atoms with E-state index in [1.54, 1.807) is 6.26 Å². The number of halogens is 1. The predicted molar refractivity (Wildman–Crippen MR) is 118 cm³/mol. The number of likely N-dealkylation sites (tertiary alicyclic amines) is 1. The fourth-order valence-electron chi connectivity index (χ4n) is 3.42. The van der Waals surface area contributed by atoms with Crippen molar-refractivity contribution >= 4 is 29.9 Å². The standard InChI is InChI=1S/C19H30N6O.HI/c1-20-19(21-9-6-13-25-14-7-10-23-25)22-16-17(18-8-5-15-26-18)24-11-3-2-4-12-24;/h5,7-8,10,14-15,17H,2-4,6,9,11-13,16H2,1H3,(H2,20,21,22);1H. The summed E-state index contributed by atoms with van der Waals surface area (Å²) in [5.41, 5.74) is 0. The van der Waals surface area contributed by atoms with Crippen LogP contribution in [0, 0.1) is 0 Å². The fourth-order valence-corrected chi connectivity index (χ4v) is 3.42. The van der Waals surface area contributed by atoms with E-state index in [1.165, 1.54) is 19.3 Å². The van der Waals surface area contributed by atoms with Crippen LogP contribution in [0.4, 0.5) is 0 Å². The van der Waals surface area contributed by atoms with Gasteiger partial charge >= 0.3 is 0 Å². The topological polar surface area (TPSA) is 70.6 Å². The molecule has 0 amide bonds. The molecule has 1 unspecified atom stereocenters. The first-order valence-electron chi connectivity index (χ1n) is 9.56. The predicted octanol–water partition coefficient (Wildman–Crippen LogP) is 2.88. The normalized spacial score (nSPS) is 16.6. The molecule has 2 N–H and O–H groups in total. The summed E-state index contributed by atoms with van der Waals surface area (Å²) in [5.74, 6) is 1.85. The molecule has 3 heterocycles. The van der Waals surface area contributed by atoms with Crippen LogP contribution in [0.25, 0.3) is 0 Å². The smallest absolute Gasteiger partial charge is 0.191 e. The number of piperidine rings is 1. The summed E-state index contributed by atoms with van der Waals surface area (Å²) in [5, 5.41) is 11.1. The van der Waals surface area contributed by atoms with Gasteiger partial charge in [0, 0.05) is 39.1 Å². The maximum atomic E-state index is 5.70. The SMILES string of the molecule is CN=C(NCCCn1cccn1)NCC(c1ccco1)N1CCCCC1.I. The van der Waals surface area contributed by atoms with Gasteiger partial charge in [-0.25, -0.2) is 0 Å². The molecule has 27 heavy (non-hydrogen) atoms. The monoisotopic (exact) mass is 486 g/mol. The van der Waals surface area contributed by atoms with E-state index in [0.717, 1.165) is 50.9 Å². The van der Waals surface area contributed by atoms with Crippen molar-refractivity contribution in [2.75, 3.05) is 33.2 Å². The molecule has 150 valence electrons. The third-order valence-electron chi connectivity index (χ3n) is 4.81. The molecule has 3 rings (SSSR count). The number of aromatic nitrogens is 2. The van der Waals surface area contributed by atoms with Gasteiger partial charge in [0.25, 0.3) is 0 Å². The molecule has 0 bridgehead atoms. The zero-order valence-electron chi connectivity index (χ0n) is 16.0. The summed E-state index contributed by atoms with van der Waals surface area (Å²) in [6.07, 6.45) is 10.4. The van der Waals surface area contributed by atoms with Gasteiger partial charge in [0.15, 0.2) is 5.96 Å². The maximum Gasteiger partial charge on any atom is 0.191 e. The summed E-state index contributed by atoms with van der Waals surface area (Å²) in [4.78, 5) is 6.86. The van der Waals surface area contributed by atoms with Crippen molar-refractivity contribution in [3.63, 3.8) is 0 Å². The van der Waals surface area contributed by atoms with Gasteiger partial charge in [-0.2, -0.15) is 5.10 Å². The Morgan fingerprint density at radius 2 is 2.11 bits per heavy atom. The lowest BCUT2D eigenvalue weighted by Crippen LogP contribution is -2.44. The molecule has 1 aliphatic rings. The van der Waals surface area contributed by atoms with Gasteiger partial charge in [0.05, 0.1) is 12.3 Å². The van der Waals surface area contributed by atoms with E-state index in [2.05, 4.69) is 31.7 Å². The third kappa shape index (κ3) is 6.84. The first-order valence-corrected chi connectivity index (χ1v) is 9.56. The van der Waals surface area contributed by atoms with E-state index in [4.69, 9.17) is 4.42 Å². The highest BCUT2D eigenvalue weighted by Crippen LogP contribution is 2.24. The van der Waals surface area contributed by atoms with E-state index in [0.29, 0.717) is 0 Å². The minimum Gasteiger partial charge on any atom is -0.468 e. The van der Waals surface area contributed by atoms with E-state index in [-0.39, 0.29) is 30.0 Å². The van der Waals surface area contributed by atoms with Crippen molar-refractivity contribution in [3.05, 3.63) is 42.6 Å². The number of nitrogens with zero attached hydrogens (tertiary/aromatic N) is 4. The van der Waals surface area contributed by atoms with E-state index in [9.17, 15) is 0 Å². The van der Waals surface area contributed by atoms with Crippen LogP contribution in [0.15, 0.2) is 46.3 Å². The van der Waals surface area contributed by atoms with E-state index in [1.807, 2.05) is 36.3 Å². The maximum absolute atomic E-state index is 5.70. The average Bonchev–Trinajstić information content (AvgIpc) is 3.38. The van der Waals surface area contributed by atoms with Crippen LogP contribution in [0.1, 0.15) is 37.5 Å².